The molecule has 0 unspecified atom stereocenters. The molecule has 0 saturated heterocycles. The van der Waals surface area contributed by atoms with Gasteiger partial charge < -0.3 is 4.74 Å². The first-order chi connectivity index (χ1) is 6.24. The van der Waals surface area contributed by atoms with Gasteiger partial charge in [-0.25, -0.2) is 0 Å². The lowest BCUT2D eigenvalue weighted by molar-refractivity contribution is 0.315. The number of hydrogen-bond donors (Lipinski definition) is 0. The molecule has 0 spiro atoms. The highest BCUT2D eigenvalue weighted by atomic mass is 127. The van der Waals surface area contributed by atoms with Crippen LogP contribution in [0.2, 0.25) is 6.04 Å². The lowest BCUT2D eigenvalue weighted by Gasteiger charge is -2.08. The van der Waals surface area contributed by atoms with Crippen LogP contribution in [-0.4, -0.2) is 16.8 Å². The van der Waals surface area contributed by atoms with E-state index in [0.717, 1.165) is 12.4 Å². The van der Waals surface area contributed by atoms with Crippen LogP contribution in [0.25, 0.3) is 0 Å². The van der Waals surface area contributed by atoms with Crippen molar-refractivity contribution in [3.8, 4) is 5.75 Å². The molecule has 0 aliphatic rings. The van der Waals surface area contributed by atoms with Gasteiger partial charge in [0.2, 0.25) is 0 Å². The van der Waals surface area contributed by atoms with Crippen molar-refractivity contribution in [1.82, 2.24) is 0 Å². The monoisotopic (exact) mass is 306 g/mol. The highest BCUT2D eigenvalue weighted by molar-refractivity contribution is 14.1. The molecular formula is C10H15IOSi. The fourth-order valence-corrected chi connectivity index (χ4v) is 2.04. The summed E-state index contributed by atoms with van der Waals surface area (Å²) in [6.45, 7) is 2.96. The molecule has 0 radical (unpaired) electrons. The summed E-state index contributed by atoms with van der Waals surface area (Å²) < 4.78 is 6.92. The zero-order chi connectivity index (χ0) is 9.68. The smallest absolute Gasteiger partial charge is 0.122 e. The van der Waals surface area contributed by atoms with Crippen LogP contribution in [0.5, 0.6) is 5.75 Å². The number of aryl methyl sites for hydroxylation is 1. The Morgan fingerprint density at radius 3 is 2.85 bits per heavy atom. The van der Waals surface area contributed by atoms with Crippen molar-refractivity contribution in [2.75, 3.05) is 6.61 Å². The second kappa shape index (κ2) is 5.65. The largest absolute Gasteiger partial charge is 0.493 e. The quantitative estimate of drug-likeness (QED) is 0.470. The fourth-order valence-electron chi connectivity index (χ4n) is 1.10. The number of halogens is 1. The summed E-state index contributed by atoms with van der Waals surface area (Å²) in [6.07, 6.45) is 1.19. The minimum absolute atomic E-state index is 0.866. The molecule has 3 heteroatoms. The molecule has 0 saturated carbocycles. The summed E-state index contributed by atoms with van der Waals surface area (Å²) >= 11 is 2.32. The van der Waals surface area contributed by atoms with Gasteiger partial charge in [0.05, 0.1) is 6.61 Å². The Kier molecular flexibility index (Phi) is 4.80. The van der Waals surface area contributed by atoms with E-state index >= 15 is 0 Å². The first-order valence-electron chi connectivity index (χ1n) is 4.63. The molecule has 1 aromatic rings. The van der Waals surface area contributed by atoms with E-state index in [1.54, 1.807) is 0 Å². The summed E-state index contributed by atoms with van der Waals surface area (Å²) in [4.78, 5) is 0. The number of rotatable bonds is 4. The van der Waals surface area contributed by atoms with E-state index in [4.69, 9.17) is 4.74 Å². The van der Waals surface area contributed by atoms with E-state index in [-0.39, 0.29) is 0 Å². The van der Waals surface area contributed by atoms with Gasteiger partial charge >= 0.3 is 0 Å². The Labute approximate surface area is 96.4 Å². The predicted octanol–water partition coefficient (Wildman–Crippen LogP) is 2.15. The molecule has 0 aliphatic carbocycles. The summed E-state index contributed by atoms with van der Waals surface area (Å²) in [5, 5.41) is 0. The maximum atomic E-state index is 5.65. The number of benzene rings is 1. The third-order valence-electron chi connectivity index (χ3n) is 1.89. The topological polar surface area (TPSA) is 9.23 Å². The molecule has 0 N–H and O–H groups in total. The molecular weight excluding hydrogens is 291 g/mol. The van der Waals surface area contributed by atoms with E-state index in [9.17, 15) is 0 Å². The molecule has 0 heterocycles. The van der Waals surface area contributed by atoms with Crippen LogP contribution in [0, 0.1) is 10.5 Å². The van der Waals surface area contributed by atoms with Gasteiger partial charge in [0.15, 0.2) is 0 Å². The zero-order valence-electron chi connectivity index (χ0n) is 8.14. The van der Waals surface area contributed by atoms with Crippen molar-refractivity contribution in [2.45, 2.75) is 19.4 Å². The van der Waals surface area contributed by atoms with Crippen molar-refractivity contribution in [1.29, 1.82) is 0 Å². The molecule has 0 amide bonds. The standard InChI is InChI=1S/C10H15IOSi/c1-8-7-9(11)3-4-10(8)12-5-2-6-13/h3-4,7H,2,5-6H2,1,13H3. The normalized spacial score (nSPS) is 10.3. The van der Waals surface area contributed by atoms with Gasteiger partial charge in [-0.05, 0) is 59.7 Å². The first-order valence-corrected chi connectivity index (χ1v) is 7.12. The van der Waals surface area contributed by atoms with E-state index in [1.165, 1.54) is 31.8 Å². The van der Waals surface area contributed by atoms with E-state index in [0.29, 0.717) is 0 Å². The van der Waals surface area contributed by atoms with Crippen LogP contribution in [-0.2, 0) is 0 Å². The average Bonchev–Trinajstić information content (AvgIpc) is 2.09. The van der Waals surface area contributed by atoms with Crippen LogP contribution in [0.15, 0.2) is 18.2 Å². The highest BCUT2D eigenvalue weighted by Gasteiger charge is 1.98. The Morgan fingerprint density at radius 1 is 1.46 bits per heavy atom. The second-order valence-corrected chi connectivity index (χ2v) is 5.36. The van der Waals surface area contributed by atoms with Gasteiger partial charge in [0.25, 0.3) is 0 Å². The molecule has 0 aliphatic heterocycles. The van der Waals surface area contributed by atoms with Gasteiger partial charge in [0.1, 0.15) is 5.75 Å². The maximum absolute atomic E-state index is 5.65. The molecule has 0 atom stereocenters. The van der Waals surface area contributed by atoms with Gasteiger partial charge in [0, 0.05) is 13.8 Å². The third-order valence-corrected chi connectivity index (χ3v) is 3.27. The van der Waals surface area contributed by atoms with Crippen molar-refractivity contribution < 1.29 is 4.74 Å². The Balaban J connectivity index is 2.56. The van der Waals surface area contributed by atoms with Crippen molar-refractivity contribution in [3.05, 3.63) is 27.3 Å². The number of hydrogen-bond acceptors (Lipinski definition) is 1. The lowest BCUT2D eigenvalue weighted by atomic mass is 10.2. The van der Waals surface area contributed by atoms with E-state index < -0.39 is 0 Å². The van der Waals surface area contributed by atoms with Crippen molar-refractivity contribution in [2.24, 2.45) is 0 Å². The summed E-state index contributed by atoms with van der Waals surface area (Å²) in [5.74, 6) is 1.04. The Bertz CT molecular complexity index is 276. The average molecular weight is 306 g/mol. The minimum atomic E-state index is 0.866. The van der Waals surface area contributed by atoms with Crippen LogP contribution in [0.4, 0.5) is 0 Å². The van der Waals surface area contributed by atoms with Crippen LogP contribution in [0.3, 0.4) is 0 Å². The van der Waals surface area contributed by atoms with E-state index in [1.807, 2.05) is 0 Å². The van der Waals surface area contributed by atoms with Gasteiger partial charge in [-0.3, -0.25) is 0 Å². The first kappa shape index (κ1) is 11.0. The second-order valence-electron chi connectivity index (χ2n) is 3.11. The van der Waals surface area contributed by atoms with Gasteiger partial charge in [-0.1, -0.05) is 6.04 Å². The third kappa shape index (κ3) is 3.68. The van der Waals surface area contributed by atoms with E-state index in [2.05, 4.69) is 47.7 Å². The summed E-state index contributed by atoms with van der Waals surface area (Å²) in [5.41, 5.74) is 1.24. The summed E-state index contributed by atoms with van der Waals surface area (Å²) in [7, 11) is 1.28. The molecule has 0 bridgehead atoms. The minimum Gasteiger partial charge on any atom is -0.493 e. The highest BCUT2D eigenvalue weighted by Crippen LogP contribution is 2.20. The van der Waals surface area contributed by atoms with Gasteiger partial charge in [-0.15, -0.1) is 0 Å². The summed E-state index contributed by atoms with van der Waals surface area (Å²) in [6, 6.07) is 7.62. The molecule has 72 valence electrons. The zero-order valence-corrected chi connectivity index (χ0v) is 12.3. The van der Waals surface area contributed by atoms with Crippen LogP contribution < -0.4 is 4.74 Å². The molecule has 0 fully saturated rings. The predicted molar refractivity (Wildman–Crippen MR) is 68.8 cm³/mol. The molecule has 1 rings (SSSR count). The maximum Gasteiger partial charge on any atom is 0.122 e. The number of ether oxygens (including phenoxy) is 1. The van der Waals surface area contributed by atoms with Gasteiger partial charge in [-0.2, -0.15) is 0 Å². The van der Waals surface area contributed by atoms with Crippen LogP contribution >= 0.6 is 22.6 Å². The van der Waals surface area contributed by atoms with Crippen molar-refractivity contribution >= 4 is 32.8 Å². The molecule has 13 heavy (non-hydrogen) atoms. The fraction of sp³-hybridized carbons (Fsp3) is 0.400. The molecule has 1 aromatic carbocycles. The van der Waals surface area contributed by atoms with Crippen molar-refractivity contribution in [3.63, 3.8) is 0 Å². The van der Waals surface area contributed by atoms with Crippen LogP contribution in [0.1, 0.15) is 12.0 Å². The SMILES string of the molecule is Cc1cc(I)ccc1OCCC[SiH3]. The molecule has 0 aromatic heterocycles. The Hall–Kier alpha value is -0.0331. The Morgan fingerprint density at radius 2 is 2.23 bits per heavy atom. The lowest BCUT2D eigenvalue weighted by Crippen LogP contribution is -1.98. The molecule has 1 nitrogen and oxygen atoms in total.